The Kier molecular flexibility index (Phi) is 8.54. The summed E-state index contributed by atoms with van der Waals surface area (Å²) in [5.74, 6) is -0.345. The third-order valence-corrected chi connectivity index (χ3v) is 8.71. The maximum Gasteiger partial charge on any atom is 0.338 e. The zero-order chi connectivity index (χ0) is 32.4. The van der Waals surface area contributed by atoms with Crippen molar-refractivity contribution in [1.82, 2.24) is 4.57 Å². The van der Waals surface area contributed by atoms with Crippen molar-refractivity contribution in [2.75, 3.05) is 13.7 Å². The Morgan fingerprint density at radius 1 is 1.00 bits per heavy atom. The number of carboxylic acid groups (broad SMARTS) is 1. The highest BCUT2D eigenvalue weighted by Gasteiger charge is 2.36. The summed E-state index contributed by atoms with van der Waals surface area (Å²) in [6.07, 6.45) is 1.79. The van der Waals surface area contributed by atoms with Gasteiger partial charge < -0.3 is 19.3 Å². The van der Waals surface area contributed by atoms with Crippen LogP contribution in [0.25, 0.3) is 16.8 Å². The van der Waals surface area contributed by atoms with Gasteiger partial charge in [-0.25, -0.2) is 14.6 Å². The lowest BCUT2D eigenvalue weighted by Crippen LogP contribution is -2.40. The SMILES string of the molecule is CCOC(=O)C1=C(C)N=c2s/c(=C/c3ccc(OCc4ccc(C(=O)O)cc4)cc3)c(=O)n2[C@H]1c1c(OC)ccc2ccccc12. The van der Waals surface area contributed by atoms with Gasteiger partial charge in [-0.15, -0.1) is 0 Å². The maximum atomic E-state index is 14.2. The van der Waals surface area contributed by atoms with Gasteiger partial charge in [0.05, 0.1) is 35.1 Å². The average molecular weight is 635 g/mol. The zero-order valence-corrected chi connectivity index (χ0v) is 26.2. The molecule has 1 aromatic heterocycles. The molecule has 46 heavy (non-hydrogen) atoms. The number of aromatic carboxylic acids is 1. The molecule has 0 fully saturated rings. The highest BCUT2D eigenvalue weighted by molar-refractivity contribution is 7.07. The number of carbonyl (C=O) groups is 2. The summed E-state index contributed by atoms with van der Waals surface area (Å²) in [6, 6.07) is 24.6. The second-order valence-electron chi connectivity index (χ2n) is 10.6. The van der Waals surface area contributed by atoms with Gasteiger partial charge in [-0.3, -0.25) is 9.36 Å². The number of methoxy groups -OCH3 is 1. The average Bonchev–Trinajstić information content (AvgIpc) is 3.37. The van der Waals surface area contributed by atoms with Crippen molar-refractivity contribution in [3.63, 3.8) is 0 Å². The summed E-state index contributed by atoms with van der Waals surface area (Å²) in [6.45, 7) is 3.95. The number of aromatic nitrogens is 1. The number of hydrogen-bond donors (Lipinski definition) is 1. The van der Waals surface area contributed by atoms with Gasteiger partial charge in [-0.05, 0) is 72.2 Å². The molecule has 1 aliphatic rings. The van der Waals surface area contributed by atoms with E-state index >= 15 is 0 Å². The first-order chi connectivity index (χ1) is 22.3. The highest BCUT2D eigenvalue weighted by atomic mass is 32.1. The molecule has 2 heterocycles. The van der Waals surface area contributed by atoms with Gasteiger partial charge in [-0.2, -0.15) is 0 Å². The minimum atomic E-state index is -0.978. The van der Waals surface area contributed by atoms with Gasteiger partial charge in [0, 0.05) is 5.56 Å². The van der Waals surface area contributed by atoms with E-state index in [9.17, 15) is 14.4 Å². The standard InChI is InChI=1S/C36H30N2O7S/c1-4-44-35(42)30-21(2)37-36-38(32(30)31-27-8-6-5-7-24(27)15-18-28(31)43-3)33(39)29(46-36)19-22-11-16-26(17-12-22)45-20-23-9-13-25(14-10-23)34(40)41/h5-19,32H,4,20H2,1-3H3,(H,40,41)/b29-19+/t32-/m1/s1. The topological polar surface area (TPSA) is 116 Å². The fourth-order valence-electron chi connectivity index (χ4n) is 5.52. The molecule has 6 rings (SSSR count). The van der Waals surface area contributed by atoms with E-state index in [0.717, 1.165) is 21.9 Å². The monoisotopic (exact) mass is 634 g/mol. The second kappa shape index (κ2) is 12.9. The lowest BCUT2D eigenvalue weighted by atomic mass is 9.90. The summed E-state index contributed by atoms with van der Waals surface area (Å²) in [5, 5.41) is 10.9. The van der Waals surface area contributed by atoms with Gasteiger partial charge in [0.2, 0.25) is 0 Å². The molecule has 0 saturated carbocycles. The molecule has 0 radical (unpaired) electrons. The Bertz CT molecular complexity index is 2180. The molecule has 0 saturated heterocycles. The number of hydrogen-bond acceptors (Lipinski definition) is 8. The van der Waals surface area contributed by atoms with Gasteiger partial charge in [0.1, 0.15) is 24.1 Å². The van der Waals surface area contributed by atoms with E-state index in [0.29, 0.717) is 32.1 Å². The first-order valence-corrected chi connectivity index (χ1v) is 15.4. The summed E-state index contributed by atoms with van der Waals surface area (Å²) in [4.78, 5) is 43.8. The van der Waals surface area contributed by atoms with Gasteiger partial charge in [0.25, 0.3) is 5.56 Å². The molecule has 10 heteroatoms. The number of fused-ring (bicyclic) bond motifs is 2. The van der Waals surface area contributed by atoms with Crippen molar-refractivity contribution in [3.8, 4) is 11.5 Å². The Morgan fingerprint density at radius 3 is 2.43 bits per heavy atom. The Hall–Kier alpha value is -5.48. The molecule has 0 spiro atoms. The number of nitrogens with zero attached hydrogens (tertiary/aromatic N) is 2. The molecule has 0 unspecified atom stereocenters. The smallest absolute Gasteiger partial charge is 0.338 e. The third kappa shape index (κ3) is 5.82. The number of esters is 1. The number of thiazole rings is 1. The van der Waals surface area contributed by atoms with Crippen LogP contribution >= 0.6 is 11.3 Å². The fourth-order valence-corrected chi connectivity index (χ4v) is 6.57. The number of carboxylic acids is 1. The fraction of sp³-hybridized carbons (Fsp3) is 0.167. The minimum absolute atomic E-state index is 0.177. The van der Waals surface area contributed by atoms with E-state index in [1.165, 1.54) is 23.5 Å². The number of ether oxygens (including phenoxy) is 3. The van der Waals surface area contributed by atoms with Crippen molar-refractivity contribution in [2.24, 2.45) is 4.99 Å². The number of benzene rings is 4. The molecule has 1 aliphatic heterocycles. The van der Waals surface area contributed by atoms with E-state index in [1.807, 2.05) is 48.5 Å². The summed E-state index contributed by atoms with van der Waals surface area (Å²) < 4.78 is 19.2. The van der Waals surface area contributed by atoms with Crippen LogP contribution < -0.4 is 24.4 Å². The highest BCUT2D eigenvalue weighted by Crippen LogP contribution is 2.40. The molecule has 9 nitrogen and oxygen atoms in total. The van der Waals surface area contributed by atoms with Crippen LogP contribution in [0.15, 0.2) is 106 Å². The van der Waals surface area contributed by atoms with E-state index in [-0.39, 0.29) is 29.9 Å². The van der Waals surface area contributed by atoms with E-state index in [1.54, 1.807) is 55.9 Å². The molecule has 0 aliphatic carbocycles. The van der Waals surface area contributed by atoms with Crippen molar-refractivity contribution in [1.29, 1.82) is 0 Å². The van der Waals surface area contributed by atoms with E-state index in [4.69, 9.17) is 24.3 Å². The summed E-state index contributed by atoms with van der Waals surface area (Å²) in [7, 11) is 1.57. The quantitative estimate of drug-likeness (QED) is 0.221. The van der Waals surface area contributed by atoms with Crippen LogP contribution in [0.5, 0.6) is 11.5 Å². The van der Waals surface area contributed by atoms with Crippen LogP contribution in [0.1, 0.15) is 46.9 Å². The van der Waals surface area contributed by atoms with Crippen molar-refractivity contribution in [3.05, 3.63) is 138 Å². The first-order valence-electron chi connectivity index (χ1n) is 14.6. The van der Waals surface area contributed by atoms with Crippen molar-refractivity contribution in [2.45, 2.75) is 26.5 Å². The molecule has 4 aromatic carbocycles. The van der Waals surface area contributed by atoms with Crippen LogP contribution in [0.4, 0.5) is 0 Å². The Balaban J connectivity index is 1.39. The molecule has 1 atom stereocenters. The van der Waals surface area contributed by atoms with Crippen molar-refractivity contribution < 1.29 is 28.9 Å². The number of rotatable bonds is 9. The molecule has 0 amide bonds. The van der Waals surface area contributed by atoms with Crippen LogP contribution in [-0.4, -0.2) is 35.3 Å². The normalized spacial score (nSPS) is 14.5. The van der Waals surface area contributed by atoms with Crippen LogP contribution in [-0.2, 0) is 16.1 Å². The predicted molar refractivity (Wildman–Crippen MR) is 175 cm³/mol. The summed E-state index contributed by atoms with van der Waals surface area (Å²) in [5.41, 5.74) is 3.00. The van der Waals surface area contributed by atoms with Crippen molar-refractivity contribution >= 4 is 40.1 Å². The third-order valence-electron chi connectivity index (χ3n) is 7.73. The van der Waals surface area contributed by atoms with Crippen LogP contribution in [0.3, 0.4) is 0 Å². The number of carbonyl (C=O) groups excluding carboxylic acids is 1. The Morgan fingerprint density at radius 2 is 1.74 bits per heavy atom. The van der Waals surface area contributed by atoms with Gasteiger partial charge >= 0.3 is 11.9 Å². The van der Waals surface area contributed by atoms with E-state index < -0.39 is 18.0 Å². The van der Waals surface area contributed by atoms with E-state index in [2.05, 4.69) is 0 Å². The molecule has 1 N–H and O–H groups in total. The molecule has 5 aromatic rings. The maximum absolute atomic E-state index is 14.2. The predicted octanol–water partition coefficient (Wildman–Crippen LogP) is 5.24. The van der Waals surface area contributed by atoms with Gasteiger partial charge in [0.15, 0.2) is 4.80 Å². The molecular formula is C36H30N2O7S. The lowest BCUT2D eigenvalue weighted by molar-refractivity contribution is -0.139. The second-order valence-corrected chi connectivity index (χ2v) is 11.6. The van der Waals surface area contributed by atoms with Crippen LogP contribution in [0.2, 0.25) is 0 Å². The summed E-state index contributed by atoms with van der Waals surface area (Å²) >= 11 is 1.25. The van der Waals surface area contributed by atoms with Gasteiger partial charge in [-0.1, -0.05) is 65.9 Å². The number of allylic oxidation sites excluding steroid dienone is 1. The molecule has 0 bridgehead atoms. The lowest BCUT2D eigenvalue weighted by Gasteiger charge is -2.27. The largest absolute Gasteiger partial charge is 0.496 e. The molecule has 232 valence electrons. The first kappa shape index (κ1) is 30.5. The Labute approximate surface area is 267 Å². The molecular weight excluding hydrogens is 604 g/mol. The van der Waals surface area contributed by atoms with Crippen LogP contribution in [0, 0.1) is 0 Å². The minimum Gasteiger partial charge on any atom is -0.496 e. The zero-order valence-electron chi connectivity index (χ0n) is 25.4.